The Bertz CT molecular complexity index is 736. The number of nitrogens with two attached hydrogens (primary N) is 1. The van der Waals surface area contributed by atoms with Crippen LogP contribution in [0.3, 0.4) is 0 Å². The molecule has 11 heteroatoms. The first-order valence-electron chi connectivity index (χ1n) is 8.30. The molecule has 154 valence electrons. The number of likely N-dealkylation sites (tertiary alicyclic amines) is 1. The number of halogens is 4. The molecule has 1 aliphatic heterocycles. The van der Waals surface area contributed by atoms with Gasteiger partial charge in [0, 0.05) is 32.1 Å². The van der Waals surface area contributed by atoms with Crippen LogP contribution in [0, 0.1) is 0 Å². The zero-order valence-corrected chi connectivity index (χ0v) is 16.2. The van der Waals surface area contributed by atoms with E-state index in [2.05, 4.69) is 4.72 Å². The standard InChI is InChI=1S/C16H22F3N3O3S.ClH/c17-16(18,19)12-3-1-4-14(11-12)26(24,25)21-8-2-5-15(23)22-9-6-13(20)7-10-22;/h1,3-4,11,13,21H,2,5-10,20H2;1H. The molecule has 0 atom stereocenters. The molecule has 0 spiro atoms. The van der Waals surface area contributed by atoms with E-state index >= 15 is 0 Å². The van der Waals surface area contributed by atoms with Gasteiger partial charge in [-0.25, -0.2) is 13.1 Å². The fraction of sp³-hybridized carbons (Fsp3) is 0.562. The Balaban J connectivity index is 0.00000364. The van der Waals surface area contributed by atoms with Crippen LogP contribution >= 0.6 is 12.4 Å². The number of nitrogens with zero attached hydrogens (tertiary/aromatic N) is 1. The van der Waals surface area contributed by atoms with Gasteiger partial charge in [-0.05, 0) is 37.5 Å². The van der Waals surface area contributed by atoms with Crippen LogP contribution in [0.4, 0.5) is 13.2 Å². The highest BCUT2D eigenvalue weighted by atomic mass is 35.5. The first-order chi connectivity index (χ1) is 12.1. The summed E-state index contributed by atoms with van der Waals surface area (Å²) in [5.74, 6) is -0.0739. The van der Waals surface area contributed by atoms with E-state index in [1.165, 1.54) is 0 Å². The maximum absolute atomic E-state index is 12.7. The summed E-state index contributed by atoms with van der Waals surface area (Å²) in [5, 5.41) is 0. The lowest BCUT2D eigenvalue weighted by Gasteiger charge is -2.30. The van der Waals surface area contributed by atoms with Crippen molar-refractivity contribution in [2.75, 3.05) is 19.6 Å². The Hall–Kier alpha value is -1.36. The number of hydrogen-bond donors (Lipinski definition) is 2. The minimum absolute atomic E-state index is 0. The van der Waals surface area contributed by atoms with E-state index in [0.717, 1.165) is 31.0 Å². The number of piperidine rings is 1. The predicted molar refractivity (Wildman–Crippen MR) is 96.9 cm³/mol. The van der Waals surface area contributed by atoms with Gasteiger partial charge >= 0.3 is 6.18 Å². The molecule has 0 saturated carbocycles. The fourth-order valence-electron chi connectivity index (χ4n) is 2.68. The van der Waals surface area contributed by atoms with E-state index < -0.39 is 26.7 Å². The molecule has 1 heterocycles. The molecule has 0 unspecified atom stereocenters. The van der Waals surface area contributed by atoms with Crippen LogP contribution in [0.15, 0.2) is 29.2 Å². The number of sulfonamides is 1. The largest absolute Gasteiger partial charge is 0.416 e. The van der Waals surface area contributed by atoms with Crippen molar-refractivity contribution in [3.63, 3.8) is 0 Å². The molecule has 1 saturated heterocycles. The van der Waals surface area contributed by atoms with Crippen LogP contribution in [0.25, 0.3) is 0 Å². The molecule has 1 aliphatic rings. The third-order valence-corrected chi connectivity index (χ3v) is 5.68. The number of carbonyl (C=O) groups is 1. The zero-order chi connectivity index (χ0) is 19.4. The van der Waals surface area contributed by atoms with Crippen molar-refractivity contribution >= 4 is 28.3 Å². The van der Waals surface area contributed by atoms with Crippen LogP contribution in [0.1, 0.15) is 31.2 Å². The summed E-state index contributed by atoms with van der Waals surface area (Å²) in [4.78, 5) is 13.3. The Morgan fingerprint density at radius 1 is 1.26 bits per heavy atom. The van der Waals surface area contributed by atoms with Gasteiger partial charge in [-0.3, -0.25) is 4.79 Å². The van der Waals surface area contributed by atoms with Crippen molar-refractivity contribution in [2.24, 2.45) is 5.73 Å². The van der Waals surface area contributed by atoms with E-state index in [0.29, 0.717) is 19.2 Å². The van der Waals surface area contributed by atoms with Crippen LogP contribution in [-0.2, 0) is 21.0 Å². The quantitative estimate of drug-likeness (QED) is 0.677. The maximum atomic E-state index is 12.7. The number of hydrogen-bond acceptors (Lipinski definition) is 4. The molecule has 1 amide bonds. The van der Waals surface area contributed by atoms with E-state index in [4.69, 9.17) is 5.73 Å². The number of carbonyl (C=O) groups excluding carboxylic acids is 1. The molecule has 1 aromatic carbocycles. The van der Waals surface area contributed by atoms with Crippen molar-refractivity contribution < 1.29 is 26.4 Å². The van der Waals surface area contributed by atoms with E-state index in [-0.39, 0.29) is 43.7 Å². The first kappa shape index (κ1) is 23.7. The van der Waals surface area contributed by atoms with Gasteiger partial charge in [-0.1, -0.05) is 6.07 Å². The third-order valence-electron chi connectivity index (χ3n) is 4.22. The highest BCUT2D eigenvalue weighted by Crippen LogP contribution is 2.30. The number of amides is 1. The third kappa shape index (κ3) is 6.95. The van der Waals surface area contributed by atoms with Crippen LogP contribution < -0.4 is 10.5 Å². The van der Waals surface area contributed by atoms with E-state index in [1.807, 2.05) is 0 Å². The van der Waals surface area contributed by atoms with Crippen LogP contribution in [-0.4, -0.2) is 44.9 Å². The molecule has 1 aromatic rings. The smallest absolute Gasteiger partial charge is 0.343 e. The van der Waals surface area contributed by atoms with Gasteiger partial charge in [0.2, 0.25) is 15.9 Å². The summed E-state index contributed by atoms with van der Waals surface area (Å²) in [6.07, 6.45) is -2.70. The second-order valence-corrected chi connectivity index (χ2v) is 8.01. The van der Waals surface area contributed by atoms with E-state index in [9.17, 15) is 26.4 Å². The van der Waals surface area contributed by atoms with Crippen molar-refractivity contribution in [3.05, 3.63) is 29.8 Å². The Labute approximate surface area is 162 Å². The lowest BCUT2D eigenvalue weighted by Crippen LogP contribution is -2.43. The molecule has 6 nitrogen and oxygen atoms in total. The van der Waals surface area contributed by atoms with Gasteiger partial charge in [-0.15, -0.1) is 12.4 Å². The highest BCUT2D eigenvalue weighted by Gasteiger charge is 2.31. The van der Waals surface area contributed by atoms with Gasteiger partial charge in [0.15, 0.2) is 0 Å². The van der Waals surface area contributed by atoms with Crippen molar-refractivity contribution in [1.29, 1.82) is 0 Å². The average Bonchev–Trinajstić information content (AvgIpc) is 2.58. The minimum atomic E-state index is -4.62. The Morgan fingerprint density at radius 3 is 2.48 bits per heavy atom. The summed E-state index contributed by atoms with van der Waals surface area (Å²) < 4.78 is 64.5. The molecule has 2 rings (SSSR count). The summed E-state index contributed by atoms with van der Waals surface area (Å²) in [6, 6.07) is 3.65. The number of benzene rings is 1. The van der Waals surface area contributed by atoms with Gasteiger partial charge < -0.3 is 10.6 Å². The fourth-order valence-corrected chi connectivity index (χ4v) is 3.80. The first-order valence-corrected chi connectivity index (χ1v) is 9.78. The topological polar surface area (TPSA) is 92.5 Å². The lowest BCUT2D eigenvalue weighted by atomic mass is 10.1. The van der Waals surface area contributed by atoms with Crippen LogP contribution in [0.5, 0.6) is 0 Å². The monoisotopic (exact) mass is 429 g/mol. The van der Waals surface area contributed by atoms with Crippen LogP contribution in [0.2, 0.25) is 0 Å². The lowest BCUT2D eigenvalue weighted by molar-refractivity contribution is -0.137. The molecular weight excluding hydrogens is 407 g/mol. The molecule has 3 N–H and O–H groups in total. The molecule has 1 fully saturated rings. The Morgan fingerprint density at radius 2 is 1.89 bits per heavy atom. The summed E-state index contributed by atoms with van der Waals surface area (Å²) in [7, 11) is -4.06. The molecule has 0 bridgehead atoms. The normalized spacial score (nSPS) is 16.1. The summed E-state index contributed by atoms with van der Waals surface area (Å²) in [5.41, 5.74) is 4.75. The second-order valence-electron chi connectivity index (χ2n) is 6.25. The second kappa shape index (κ2) is 9.72. The summed E-state index contributed by atoms with van der Waals surface area (Å²) >= 11 is 0. The minimum Gasteiger partial charge on any atom is -0.343 e. The Kier molecular flexibility index (Phi) is 8.52. The van der Waals surface area contributed by atoms with Crippen molar-refractivity contribution in [3.8, 4) is 0 Å². The predicted octanol–water partition coefficient (Wildman–Crippen LogP) is 2.14. The molecule has 0 aromatic heterocycles. The maximum Gasteiger partial charge on any atom is 0.416 e. The number of rotatable bonds is 6. The molecule has 0 aliphatic carbocycles. The van der Waals surface area contributed by atoms with Gasteiger partial charge in [0.1, 0.15) is 0 Å². The highest BCUT2D eigenvalue weighted by molar-refractivity contribution is 7.89. The van der Waals surface area contributed by atoms with Gasteiger partial charge in [0.25, 0.3) is 0 Å². The van der Waals surface area contributed by atoms with Gasteiger partial charge in [-0.2, -0.15) is 13.2 Å². The molecular formula is C16H23ClF3N3O3S. The van der Waals surface area contributed by atoms with Crippen molar-refractivity contribution in [1.82, 2.24) is 9.62 Å². The zero-order valence-electron chi connectivity index (χ0n) is 14.5. The van der Waals surface area contributed by atoms with E-state index in [1.54, 1.807) is 4.90 Å². The molecule has 27 heavy (non-hydrogen) atoms. The van der Waals surface area contributed by atoms with Gasteiger partial charge in [0.05, 0.1) is 10.5 Å². The molecule has 0 radical (unpaired) electrons. The number of nitrogens with one attached hydrogen (secondary N) is 1. The SMILES string of the molecule is Cl.NC1CCN(C(=O)CCCNS(=O)(=O)c2cccc(C(F)(F)F)c2)CC1. The number of alkyl halides is 3. The average molecular weight is 430 g/mol. The summed E-state index contributed by atoms with van der Waals surface area (Å²) in [6.45, 7) is 1.16. The van der Waals surface area contributed by atoms with Crippen molar-refractivity contribution in [2.45, 2.75) is 42.8 Å².